The van der Waals surface area contributed by atoms with Gasteiger partial charge in [-0.2, -0.15) is 30.5 Å². The van der Waals surface area contributed by atoms with Crippen molar-refractivity contribution in [3.8, 4) is 71.2 Å². The number of amides is 2. The van der Waals surface area contributed by atoms with E-state index >= 15 is 0 Å². The molecule has 2 amide bonds. The van der Waals surface area contributed by atoms with Gasteiger partial charge in [-0.05, 0) is 218 Å². The summed E-state index contributed by atoms with van der Waals surface area (Å²) in [6, 6.07) is 63.1. The highest BCUT2D eigenvalue weighted by atomic mass is 35.5. The Bertz CT molecular complexity index is 6530. The van der Waals surface area contributed by atoms with E-state index in [1.807, 2.05) is 146 Å². The molecule has 5 aliphatic rings. The van der Waals surface area contributed by atoms with Gasteiger partial charge in [0.2, 0.25) is 58.5 Å². The second kappa shape index (κ2) is 57.5. The zero-order chi connectivity index (χ0) is 100. The molecular formula is C106H103Cl5N18O11S4. The van der Waals surface area contributed by atoms with Crippen LogP contribution in [0.2, 0.25) is 25.4 Å². The van der Waals surface area contributed by atoms with Gasteiger partial charge >= 0.3 is 0 Å². The fourth-order valence-electron chi connectivity index (χ4n) is 14.6. The van der Waals surface area contributed by atoms with Gasteiger partial charge in [0, 0.05) is 149 Å². The Hall–Kier alpha value is -12.2. The lowest BCUT2D eigenvalue weighted by Gasteiger charge is -2.33. The van der Waals surface area contributed by atoms with Crippen molar-refractivity contribution in [2.45, 2.75) is 117 Å². The summed E-state index contributed by atoms with van der Waals surface area (Å²) in [5.41, 5.74) is 16.6. The first-order chi connectivity index (χ1) is 70.3. The highest BCUT2D eigenvalue weighted by Crippen LogP contribution is 2.41. The number of nitriles is 2. The maximum Gasteiger partial charge on any atom is 0.248 e. The highest BCUT2D eigenvalue weighted by molar-refractivity contribution is 8.00. The number of aliphatic hydroxyl groups is 1. The van der Waals surface area contributed by atoms with Crippen molar-refractivity contribution < 1.29 is 52.6 Å². The minimum absolute atomic E-state index is 0.102. The Kier molecular flexibility index (Phi) is 42.9. The second-order valence-electron chi connectivity index (χ2n) is 32.7. The number of carbonyl (C=O) groups is 2. The first-order valence-electron chi connectivity index (χ1n) is 46.4. The molecule has 2 atom stereocenters. The molecule has 5 aliphatic heterocycles. The number of anilines is 3. The van der Waals surface area contributed by atoms with E-state index in [4.69, 9.17) is 138 Å². The Labute approximate surface area is 879 Å². The summed E-state index contributed by atoms with van der Waals surface area (Å²) in [7, 11) is 0. The summed E-state index contributed by atoms with van der Waals surface area (Å²) >= 11 is 36.2. The third-order valence-corrected chi connectivity index (χ3v) is 27.5. The van der Waals surface area contributed by atoms with Crippen LogP contribution in [-0.4, -0.2) is 215 Å². The molecule has 4 aromatic heterocycles. The zero-order valence-electron chi connectivity index (χ0n) is 78.5. The molecule has 0 saturated carbocycles. The normalized spacial score (nSPS) is 15.2. The van der Waals surface area contributed by atoms with Crippen LogP contribution in [0.1, 0.15) is 92.6 Å². The van der Waals surface area contributed by atoms with Crippen molar-refractivity contribution in [1.82, 2.24) is 54.6 Å². The van der Waals surface area contributed by atoms with Crippen LogP contribution in [0.15, 0.2) is 258 Å². The van der Waals surface area contributed by atoms with Crippen LogP contribution in [0.4, 0.5) is 17.8 Å². The Balaban J connectivity index is 0.000000154. The molecule has 2 unspecified atom stereocenters. The molecule has 5 N–H and O–H groups in total. The monoisotopic (exact) mass is 2110 g/mol. The van der Waals surface area contributed by atoms with E-state index in [2.05, 4.69) is 102 Å². The molecule has 742 valence electrons. The SMILES string of the molecule is N#Cc1ccc(Sc2cnc(Cl)nc2OCc2cccc(Cl)c2)cc1.N#Cc1ccc(Sc2cnc(N3CCN(CC#CCOC4CCCCO4)CC3)nc2OCc2cccc(Cl)c2)cc1.NC(=O)c1ccc(Sc2cnc(N3CCN(CC#CCO)CC3)nc2OCc2cccc(Cl)c2)cc1.NC(=O)c1ccc(Sc2cnc(N3CCN(CC#CCOC4CCCCO4)CC3)nc2OCc2cccc(Cl)c2)cc1. The number of aromatic nitrogens is 8. The quantitative estimate of drug-likeness (QED) is 0.0260. The Morgan fingerprint density at radius 2 is 0.681 bits per heavy atom. The number of nitrogens with two attached hydrogens (primary N) is 2. The van der Waals surface area contributed by atoms with Gasteiger partial charge < -0.3 is 69.2 Å². The number of piperazine rings is 3. The zero-order valence-corrected chi connectivity index (χ0v) is 85.6. The van der Waals surface area contributed by atoms with Crippen LogP contribution < -0.4 is 45.1 Å². The largest absolute Gasteiger partial charge is 0.472 e. The predicted molar refractivity (Wildman–Crippen MR) is 560 cm³/mol. The summed E-state index contributed by atoms with van der Waals surface area (Å²) in [5.74, 6) is 21.1. The average molecular weight is 2110 g/mol. The lowest BCUT2D eigenvalue weighted by atomic mass is 10.2. The van der Waals surface area contributed by atoms with E-state index in [1.165, 1.54) is 47.0 Å². The van der Waals surface area contributed by atoms with E-state index in [0.717, 1.165) is 192 Å². The maximum absolute atomic E-state index is 11.5. The number of primary amides is 2. The van der Waals surface area contributed by atoms with E-state index in [1.54, 1.807) is 73.2 Å². The number of rotatable bonds is 32. The van der Waals surface area contributed by atoms with E-state index < -0.39 is 11.8 Å². The van der Waals surface area contributed by atoms with Gasteiger partial charge in [-0.1, -0.05) is 178 Å². The minimum Gasteiger partial charge on any atom is -0.472 e. The number of carbonyl (C=O) groups excluding carboxylic acids is 2. The smallest absolute Gasteiger partial charge is 0.248 e. The van der Waals surface area contributed by atoms with E-state index in [9.17, 15) is 9.59 Å². The molecule has 5 saturated heterocycles. The molecule has 9 heterocycles. The maximum atomic E-state index is 11.5. The van der Waals surface area contributed by atoms with Crippen molar-refractivity contribution in [2.24, 2.45) is 11.5 Å². The lowest BCUT2D eigenvalue weighted by Crippen LogP contribution is -2.47. The fourth-order valence-corrected chi connectivity index (χ4v) is 18.9. The molecule has 17 rings (SSSR count). The van der Waals surface area contributed by atoms with Crippen LogP contribution in [0.25, 0.3) is 0 Å². The standard InChI is InChI=1S/C31H34ClN5O4S.C31H32ClN5O3S.C26H26ClN5O3S.C18H11Cl2N3OS/c32-25-7-5-6-23(20-25)22-41-30-27(42-26-11-9-24(10-12-26)29(33)38)21-34-31(35-30)37-16-14-36(15-17-37)13-2-4-19-40-28-8-1-3-18-39-28;32-26-7-5-6-25(20-26)23-40-30-28(41-27-11-9-24(21-33)10-12-27)22-34-31(35-30)37-16-14-36(15-17-37)13-2-4-19-39-29-8-1-3-18-38-29;27-21-5-3-4-19(16-21)18-35-25-23(36-22-8-6-20(7-9-22)24(28)34)17-29-26(30-25)32-13-11-31(12-14-32)10-1-2-15-33;19-14-3-1-2-13(8-14)11-24-17-16(10-22-18(20)23-17)25-15-6-4-12(9-21)5-7-15/h5-7,9-12,20-21,28H,1,3,8,13-19,22H2,(H2,33,38);5-7,9-12,20,22,29H,1,3,8,13-19,23H2;3-9,16-17,33H,10-15,18H2,(H2,28,34);1-8,10H,11H2. The van der Waals surface area contributed by atoms with Gasteiger partial charge in [0.1, 0.15) is 46.2 Å². The lowest BCUT2D eigenvalue weighted by molar-refractivity contribution is -0.154. The van der Waals surface area contributed by atoms with Crippen LogP contribution in [0, 0.1) is 58.2 Å². The average Bonchev–Trinajstić information content (AvgIpc) is 0.823. The van der Waals surface area contributed by atoms with Gasteiger partial charge in [-0.15, -0.1) is 0 Å². The van der Waals surface area contributed by atoms with Crippen molar-refractivity contribution in [3.63, 3.8) is 0 Å². The molecule has 12 aromatic rings. The topological polar surface area (TPSA) is 350 Å². The molecule has 29 nitrogen and oxygen atoms in total. The molecule has 0 bridgehead atoms. The Morgan fingerprint density at radius 3 is 0.965 bits per heavy atom. The van der Waals surface area contributed by atoms with Crippen LogP contribution in [0.3, 0.4) is 0 Å². The molecular weight excluding hydrogens is 2010 g/mol. The van der Waals surface area contributed by atoms with Gasteiger partial charge in [-0.3, -0.25) is 24.3 Å². The summed E-state index contributed by atoms with van der Waals surface area (Å²) in [5, 5.41) is 29.5. The van der Waals surface area contributed by atoms with Crippen molar-refractivity contribution in [2.75, 3.05) is 146 Å². The molecule has 5 fully saturated rings. The number of hydrogen-bond donors (Lipinski definition) is 3. The first-order valence-corrected chi connectivity index (χ1v) is 51.5. The Morgan fingerprint density at radius 1 is 0.382 bits per heavy atom. The number of aliphatic hydroxyl groups excluding tert-OH is 1. The minimum atomic E-state index is -0.467. The fraction of sp³-hybridized carbons (Fsp3) is 0.302. The molecule has 0 aliphatic carbocycles. The summed E-state index contributed by atoms with van der Waals surface area (Å²) in [4.78, 5) is 79.5. The van der Waals surface area contributed by atoms with E-state index in [0.29, 0.717) is 143 Å². The van der Waals surface area contributed by atoms with Gasteiger partial charge in [0.05, 0.1) is 81.1 Å². The molecule has 144 heavy (non-hydrogen) atoms. The van der Waals surface area contributed by atoms with Gasteiger partial charge in [0.15, 0.2) is 12.6 Å². The molecule has 8 aromatic carbocycles. The first kappa shape index (κ1) is 108. The van der Waals surface area contributed by atoms with Crippen LogP contribution >= 0.6 is 105 Å². The van der Waals surface area contributed by atoms with Gasteiger partial charge in [0.25, 0.3) is 0 Å². The molecule has 0 spiro atoms. The number of nitrogens with zero attached hydrogens (tertiary/aromatic N) is 16. The predicted octanol–water partition coefficient (Wildman–Crippen LogP) is 18.5. The van der Waals surface area contributed by atoms with Gasteiger partial charge in [-0.25, -0.2) is 19.9 Å². The van der Waals surface area contributed by atoms with Crippen LogP contribution in [0.5, 0.6) is 23.5 Å². The van der Waals surface area contributed by atoms with Crippen molar-refractivity contribution >= 4 is 135 Å². The second-order valence-corrected chi connectivity index (χ2v) is 39.2. The third kappa shape index (κ3) is 35.4. The summed E-state index contributed by atoms with van der Waals surface area (Å²) in [6.45, 7) is 15.3. The van der Waals surface area contributed by atoms with Crippen LogP contribution in [-0.2, 0) is 45.4 Å². The summed E-state index contributed by atoms with van der Waals surface area (Å²) < 4.78 is 46.9. The van der Waals surface area contributed by atoms with Crippen molar-refractivity contribution in [1.29, 1.82) is 10.5 Å². The molecule has 38 heteroatoms. The number of halogens is 5. The highest BCUT2D eigenvalue weighted by Gasteiger charge is 2.27. The number of hydrogen-bond acceptors (Lipinski definition) is 31. The number of benzene rings is 8. The van der Waals surface area contributed by atoms with E-state index in [-0.39, 0.29) is 24.5 Å². The summed E-state index contributed by atoms with van der Waals surface area (Å²) in [6.07, 6.45) is 13.2. The third-order valence-electron chi connectivity index (χ3n) is 22.3. The van der Waals surface area contributed by atoms with Crippen molar-refractivity contribution in [3.05, 3.63) is 289 Å². The molecule has 0 radical (unpaired) electrons. The number of ether oxygens (including phenoxy) is 8.